The highest BCUT2D eigenvalue weighted by molar-refractivity contribution is 6.32. The van der Waals surface area contributed by atoms with Gasteiger partial charge < -0.3 is 35.5 Å². The van der Waals surface area contributed by atoms with Gasteiger partial charge in [-0.2, -0.15) is 10.4 Å². The summed E-state index contributed by atoms with van der Waals surface area (Å²) < 4.78 is 24.0. The van der Waals surface area contributed by atoms with E-state index in [1.807, 2.05) is 42.5 Å². The van der Waals surface area contributed by atoms with Crippen molar-refractivity contribution < 1.29 is 18.9 Å². The Kier molecular flexibility index (Phi) is 10.0. The van der Waals surface area contributed by atoms with Crippen LogP contribution in [0.1, 0.15) is 27.8 Å². The quantitative estimate of drug-likeness (QED) is 0.0799. The molecule has 5 rings (SSSR count). The van der Waals surface area contributed by atoms with Crippen molar-refractivity contribution >= 4 is 17.4 Å². The van der Waals surface area contributed by atoms with Gasteiger partial charge >= 0.3 is 0 Å². The number of fused-ring (bicyclic) bond motifs is 1. The number of benzene rings is 4. The topological polar surface area (TPSA) is 149 Å². The van der Waals surface area contributed by atoms with Crippen molar-refractivity contribution in [3.8, 4) is 40.2 Å². The summed E-state index contributed by atoms with van der Waals surface area (Å²) >= 11 is 6.71. The zero-order chi connectivity index (χ0) is 30.9. The van der Waals surface area contributed by atoms with Crippen LogP contribution in [-0.4, -0.2) is 25.6 Å². The van der Waals surface area contributed by atoms with E-state index in [2.05, 4.69) is 34.9 Å². The van der Waals surface area contributed by atoms with Gasteiger partial charge in [0.1, 0.15) is 43.8 Å². The van der Waals surface area contributed by atoms with Crippen LogP contribution in [0.25, 0.3) is 11.1 Å². The first-order valence-corrected chi connectivity index (χ1v) is 14.4. The molecule has 0 aliphatic carbocycles. The van der Waals surface area contributed by atoms with Crippen LogP contribution in [0.4, 0.5) is 0 Å². The summed E-state index contributed by atoms with van der Waals surface area (Å²) in [6.07, 6.45) is 0. The molecule has 0 spiro atoms. The molecular weight excluding hydrogens is 580 g/mol. The van der Waals surface area contributed by atoms with Gasteiger partial charge in [0.2, 0.25) is 0 Å². The molecule has 4 aromatic carbocycles. The molecule has 0 unspecified atom stereocenters. The largest absolute Gasteiger partial charge is 0.488 e. The number of hydrazone groups is 1. The minimum absolute atomic E-state index is 0.250. The predicted octanol–water partition coefficient (Wildman–Crippen LogP) is 4.94. The molecule has 0 aromatic heterocycles. The van der Waals surface area contributed by atoms with Gasteiger partial charge in [0.15, 0.2) is 11.5 Å². The molecule has 0 saturated carbocycles. The smallest absolute Gasteiger partial charge is 0.161 e. The Morgan fingerprint density at radius 2 is 1.75 bits per heavy atom. The van der Waals surface area contributed by atoms with Crippen molar-refractivity contribution in [2.75, 3.05) is 19.8 Å². The summed E-state index contributed by atoms with van der Waals surface area (Å²) in [5.74, 6) is 13.7. The van der Waals surface area contributed by atoms with Gasteiger partial charge in [-0.05, 0) is 65.1 Å². The van der Waals surface area contributed by atoms with Crippen molar-refractivity contribution in [2.24, 2.45) is 16.8 Å². The lowest BCUT2D eigenvalue weighted by molar-refractivity contribution is 0.171. The van der Waals surface area contributed by atoms with E-state index in [-0.39, 0.29) is 6.61 Å². The van der Waals surface area contributed by atoms with Crippen LogP contribution in [0.5, 0.6) is 23.0 Å². The first kappa shape index (κ1) is 30.5. The highest BCUT2D eigenvalue weighted by Crippen LogP contribution is 2.37. The van der Waals surface area contributed by atoms with Crippen molar-refractivity contribution in [3.05, 3.63) is 106 Å². The van der Waals surface area contributed by atoms with Crippen LogP contribution in [-0.2, 0) is 19.8 Å². The summed E-state index contributed by atoms with van der Waals surface area (Å²) in [7, 11) is 0. The molecule has 10 nitrogen and oxygen atoms in total. The maximum Gasteiger partial charge on any atom is 0.161 e. The summed E-state index contributed by atoms with van der Waals surface area (Å²) in [5.41, 5.74) is 8.86. The number of nitriles is 1. The molecule has 0 atom stereocenters. The predicted molar refractivity (Wildman–Crippen MR) is 170 cm³/mol. The number of nitrogens with one attached hydrogen (secondary N) is 2. The number of nitrogens with zero attached hydrogens (tertiary/aromatic N) is 2. The monoisotopic (exact) mass is 612 g/mol. The third-order valence-corrected chi connectivity index (χ3v) is 7.47. The lowest BCUT2D eigenvalue weighted by Gasteiger charge is -2.20. The fourth-order valence-electron chi connectivity index (χ4n) is 4.82. The number of rotatable bonds is 11. The third kappa shape index (κ3) is 7.33. The van der Waals surface area contributed by atoms with Gasteiger partial charge in [-0.1, -0.05) is 48.0 Å². The number of nitrogens with two attached hydrogens (primary N) is 2. The molecule has 0 fully saturated rings. The van der Waals surface area contributed by atoms with Crippen LogP contribution in [0.15, 0.2) is 77.9 Å². The van der Waals surface area contributed by atoms with Crippen molar-refractivity contribution in [3.63, 3.8) is 0 Å². The number of hydrogen-bond donors (Lipinski definition) is 4. The molecule has 1 aliphatic heterocycles. The Labute approximate surface area is 261 Å². The Morgan fingerprint density at radius 3 is 2.55 bits per heavy atom. The van der Waals surface area contributed by atoms with E-state index in [0.29, 0.717) is 60.8 Å². The fourth-order valence-corrected chi connectivity index (χ4v) is 5.06. The van der Waals surface area contributed by atoms with E-state index < -0.39 is 0 Å². The number of amidine groups is 1. The van der Waals surface area contributed by atoms with E-state index in [4.69, 9.17) is 42.2 Å². The lowest BCUT2D eigenvalue weighted by Crippen LogP contribution is -2.38. The molecule has 4 aromatic rings. The molecule has 1 aliphatic rings. The zero-order valence-electron chi connectivity index (χ0n) is 24.2. The molecule has 0 radical (unpaired) electrons. The van der Waals surface area contributed by atoms with Crippen molar-refractivity contribution in [2.45, 2.75) is 26.7 Å². The summed E-state index contributed by atoms with van der Waals surface area (Å²) in [6, 6.07) is 25.1. The second kappa shape index (κ2) is 14.5. The Hall–Kier alpha value is -4.95. The maximum atomic E-state index is 9.27. The summed E-state index contributed by atoms with van der Waals surface area (Å²) in [5, 5.41) is 16.5. The molecule has 0 saturated heterocycles. The minimum atomic E-state index is 0.250. The highest BCUT2D eigenvalue weighted by Gasteiger charge is 2.16. The van der Waals surface area contributed by atoms with Crippen LogP contribution in [0, 0.1) is 18.3 Å². The second-order valence-electron chi connectivity index (χ2n) is 10.1. The van der Waals surface area contributed by atoms with Crippen LogP contribution < -0.4 is 41.4 Å². The lowest BCUT2D eigenvalue weighted by atomic mass is 9.96. The molecule has 226 valence electrons. The van der Waals surface area contributed by atoms with Gasteiger partial charge in [0.25, 0.3) is 0 Å². The van der Waals surface area contributed by atoms with Crippen LogP contribution >= 0.6 is 11.6 Å². The molecular formula is C33H33ClN6O4. The van der Waals surface area contributed by atoms with Crippen LogP contribution in [0.2, 0.25) is 5.02 Å². The van der Waals surface area contributed by atoms with Gasteiger partial charge in [-0.3, -0.25) is 0 Å². The van der Waals surface area contributed by atoms with Gasteiger partial charge in [0, 0.05) is 18.2 Å². The van der Waals surface area contributed by atoms with E-state index in [1.54, 1.807) is 24.3 Å². The Bertz CT molecular complexity index is 1700. The van der Waals surface area contributed by atoms with Gasteiger partial charge in [-0.15, -0.1) is 0 Å². The summed E-state index contributed by atoms with van der Waals surface area (Å²) in [4.78, 5) is 0. The molecule has 6 N–H and O–H groups in total. The second-order valence-corrected chi connectivity index (χ2v) is 10.5. The van der Waals surface area contributed by atoms with E-state index in [9.17, 15) is 5.26 Å². The Balaban J connectivity index is 1.36. The van der Waals surface area contributed by atoms with Gasteiger partial charge in [0.05, 0.1) is 23.2 Å². The van der Waals surface area contributed by atoms with Crippen molar-refractivity contribution in [1.29, 1.82) is 5.26 Å². The molecule has 0 amide bonds. The average molecular weight is 613 g/mol. The third-order valence-electron chi connectivity index (χ3n) is 7.18. The van der Waals surface area contributed by atoms with E-state index in [1.165, 1.54) is 0 Å². The SMILES string of the molecule is Cc1c(COc2cc(OCc3cccc(C#N)c3)c(CNCC(=NN)NN)cc2Cl)cccc1-c1ccc2c(c1)OCCO2. The average Bonchev–Trinajstić information content (AvgIpc) is 3.06. The summed E-state index contributed by atoms with van der Waals surface area (Å²) in [6.45, 7) is 4.40. The van der Waals surface area contributed by atoms with Crippen molar-refractivity contribution in [1.82, 2.24) is 10.7 Å². The van der Waals surface area contributed by atoms with E-state index >= 15 is 0 Å². The Morgan fingerprint density at radius 1 is 0.955 bits per heavy atom. The maximum absolute atomic E-state index is 9.27. The number of hydrogen-bond acceptors (Lipinski definition) is 9. The van der Waals surface area contributed by atoms with E-state index in [0.717, 1.165) is 44.9 Å². The first-order valence-electron chi connectivity index (χ1n) is 14.0. The number of hydrazine groups is 1. The molecule has 0 bridgehead atoms. The van der Waals surface area contributed by atoms with Crippen LogP contribution in [0.3, 0.4) is 0 Å². The molecule has 1 heterocycles. The number of ether oxygens (including phenoxy) is 4. The molecule has 11 heteroatoms. The zero-order valence-corrected chi connectivity index (χ0v) is 25.0. The first-order chi connectivity index (χ1) is 21.5. The normalized spacial score (nSPS) is 12.4. The molecule has 44 heavy (non-hydrogen) atoms. The minimum Gasteiger partial charge on any atom is -0.488 e. The standard InChI is InChI=1S/C33H33ClN6O4/c1-21-25(6-3-7-27(21)24-8-9-29-32(14-24)42-11-10-41-29)20-44-31-15-30(43-19-23-5-2-4-22(12-23)16-35)26(13-28(31)34)17-38-18-33(39-36)40-37/h2-9,12-15,38H,10-11,17-20,36-37H2,1H3,(H,39,40). The van der Waals surface area contributed by atoms with Gasteiger partial charge in [-0.25, -0.2) is 5.84 Å². The highest BCUT2D eigenvalue weighted by atomic mass is 35.5. The number of halogens is 1. The fraction of sp³-hybridized carbons (Fsp3) is 0.212.